The van der Waals surface area contributed by atoms with Crippen LogP contribution in [0.5, 0.6) is 0 Å². The van der Waals surface area contributed by atoms with Crippen LogP contribution < -0.4 is 5.32 Å². The van der Waals surface area contributed by atoms with Crippen molar-refractivity contribution in [1.29, 1.82) is 0 Å². The van der Waals surface area contributed by atoms with E-state index in [0.29, 0.717) is 6.29 Å². The molecule has 0 fully saturated rings. The minimum atomic E-state index is -1.46. The lowest BCUT2D eigenvalue weighted by Gasteiger charge is -2.18. The van der Waals surface area contributed by atoms with E-state index in [0.717, 1.165) is 12.1 Å². The minimum absolute atomic E-state index is 0.0139. The quantitative estimate of drug-likeness (QED) is 0.380. The van der Waals surface area contributed by atoms with Crippen LogP contribution in [0.3, 0.4) is 0 Å². The second-order valence-corrected chi connectivity index (χ2v) is 4.18. The molecule has 0 saturated heterocycles. The van der Waals surface area contributed by atoms with E-state index in [1.165, 1.54) is 13.0 Å². The van der Waals surface area contributed by atoms with Gasteiger partial charge < -0.3 is 15.5 Å². The predicted molar refractivity (Wildman–Crippen MR) is 68.1 cm³/mol. The van der Waals surface area contributed by atoms with Crippen LogP contribution in [0.4, 0.5) is 5.69 Å². The standard InChI is InChI=1S/C12H14N2O6/c1-7(16)13-5-11(17)12(18)9-2-8(6-15)3-10(4-9)14(19)20/h2-4,6,11-12,17-18H,5H2,1H3,(H,13,16). The van der Waals surface area contributed by atoms with Gasteiger partial charge in [0.1, 0.15) is 18.5 Å². The molecule has 3 N–H and O–H groups in total. The zero-order chi connectivity index (χ0) is 15.3. The summed E-state index contributed by atoms with van der Waals surface area (Å²) in [5.41, 5.74) is -0.325. The summed E-state index contributed by atoms with van der Waals surface area (Å²) in [7, 11) is 0. The van der Waals surface area contributed by atoms with Crippen molar-refractivity contribution in [2.24, 2.45) is 0 Å². The Balaban J connectivity index is 2.99. The van der Waals surface area contributed by atoms with Gasteiger partial charge in [0.2, 0.25) is 5.91 Å². The van der Waals surface area contributed by atoms with Crippen LogP contribution in [0.2, 0.25) is 0 Å². The van der Waals surface area contributed by atoms with Crippen molar-refractivity contribution < 1.29 is 24.7 Å². The number of hydrogen-bond donors (Lipinski definition) is 3. The Labute approximate surface area is 114 Å². The van der Waals surface area contributed by atoms with Crippen molar-refractivity contribution in [2.75, 3.05) is 6.54 Å². The largest absolute Gasteiger partial charge is 0.388 e. The van der Waals surface area contributed by atoms with Crippen LogP contribution >= 0.6 is 0 Å². The van der Waals surface area contributed by atoms with Gasteiger partial charge >= 0.3 is 0 Å². The molecule has 0 heterocycles. The van der Waals surface area contributed by atoms with Crippen LogP contribution in [-0.4, -0.2) is 40.0 Å². The summed E-state index contributed by atoms with van der Waals surface area (Å²) in [6, 6.07) is 3.36. The van der Waals surface area contributed by atoms with Crippen LogP contribution in [0.15, 0.2) is 18.2 Å². The maximum atomic E-state index is 10.7. The lowest BCUT2D eigenvalue weighted by Crippen LogP contribution is -2.34. The number of nitrogens with zero attached hydrogens (tertiary/aromatic N) is 1. The van der Waals surface area contributed by atoms with Crippen molar-refractivity contribution in [3.05, 3.63) is 39.4 Å². The molecule has 2 atom stereocenters. The van der Waals surface area contributed by atoms with Gasteiger partial charge in [0.15, 0.2) is 0 Å². The van der Waals surface area contributed by atoms with Gasteiger partial charge in [-0.3, -0.25) is 19.7 Å². The van der Waals surface area contributed by atoms with Crippen molar-refractivity contribution in [2.45, 2.75) is 19.1 Å². The average molecular weight is 282 g/mol. The number of carbonyl (C=O) groups excluding carboxylic acids is 2. The molecule has 1 rings (SSSR count). The van der Waals surface area contributed by atoms with Gasteiger partial charge in [0.05, 0.1) is 4.92 Å². The molecule has 1 aromatic rings. The van der Waals surface area contributed by atoms with E-state index in [1.54, 1.807) is 0 Å². The molecular weight excluding hydrogens is 268 g/mol. The van der Waals surface area contributed by atoms with Gasteiger partial charge in [-0.05, 0) is 11.6 Å². The monoisotopic (exact) mass is 282 g/mol. The van der Waals surface area contributed by atoms with Crippen LogP contribution in [0, 0.1) is 10.1 Å². The number of rotatable bonds is 6. The van der Waals surface area contributed by atoms with Crippen molar-refractivity contribution in [1.82, 2.24) is 5.32 Å². The zero-order valence-electron chi connectivity index (χ0n) is 10.6. The third kappa shape index (κ3) is 4.11. The first-order valence-corrected chi connectivity index (χ1v) is 5.70. The molecule has 8 heteroatoms. The number of aliphatic hydroxyl groups excluding tert-OH is 2. The molecule has 20 heavy (non-hydrogen) atoms. The molecule has 0 saturated carbocycles. The lowest BCUT2D eigenvalue weighted by atomic mass is 10.0. The molecule has 2 unspecified atom stereocenters. The van der Waals surface area contributed by atoms with Crippen molar-refractivity contribution >= 4 is 17.9 Å². The predicted octanol–water partition coefficient (Wildman–Crippen LogP) is -0.0623. The highest BCUT2D eigenvalue weighted by Crippen LogP contribution is 2.23. The lowest BCUT2D eigenvalue weighted by molar-refractivity contribution is -0.385. The summed E-state index contributed by atoms with van der Waals surface area (Å²) in [5.74, 6) is -0.385. The Hall–Kier alpha value is -2.32. The third-order valence-electron chi connectivity index (χ3n) is 2.58. The Kier molecular flexibility index (Phi) is 5.30. The molecule has 1 amide bonds. The number of aldehydes is 1. The summed E-state index contributed by atoms with van der Waals surface area (Å²) < 4.78 is 0. The fourth-order valence-corrected chi connectivity index (χ4v) is 1.59. The maximum Gasteiger partial charge on any atom is 0.270 e. The molecule has 0 aliphatic heterocycles. The minimum Gasteiger partial charge on any atom is -0.388 e. The van der Waals surface area contributed by atoms with Gasteiger partial charge in [-0.1, -0.05) is 0 Å². The maximum absolute atomic E-state index is 10.7. The Morgan fingerprint density at radius 3 is 2.60 bits per heavy atom. The Morgan fingerprint density at radius 2 is 2.10 bits per heavy atom. The van der Waals surface area contributed by atoms with Gasteiger partial charge in [-0.15, -0.1) is 0 Å². The highest BCUT2D eigenvalue weighted by molar-refractivity contribution is 5.76. The van der Waals surface area contributed by atoms with Crippen molar-refractivity contribution in [3.63, 3.8) is 0 Å². The second-order valence-electron chi connectivity index (χ2n) is 4.18. The molecule has 0 aliphatic rings. The van der Waals surface area contributed by atoms with E-state index in [9.17, 15) is 29.9 Å². The number of hydrogen-bond acceptors (Lipinski definition) is 6. The molecule has 0 aliphatic carbocycles. The summed E-state index contributed by atoms with van der Waals surface area (Å²) in [6.07, 6.45) is -2.40. The van der Waals surface area contributed by atoms with Crippen LogP contribution in [-0.2, 0) is 4.79 Å². The average Bonchev–Trinajstić information content (AvgIpc) is 2.43. The Morgan fingerprint density at radius 1 is 1.45 bits per heavy atom. The second kappa shape index (κ2) is 6.73. The van der Waals surface area contributed by atoms with E-state index in [-0.39, 0.29) is 29.3 Å². The number of amides is 1. The molecule has 0 spiro atoms. The number of nitro benzene ring substituents is 1. The molecule has 0 radical (unpaired) electrons. The first-order valence-electron chi connectivity index (χ1n) is 5.70. The molecule has 0 aromatic heterocycles. The summed E-state index contributed by atoms with van der Waals surface area (Å²) >= 11 is 0. The van der Waals surface area contributed by atoms with Gasteiger partial charge in [0, 0.05) is 31.2 Å². The van der Waals surface area contributed by atoms with Gasteiger partial charge in [-0.2, -0.15) is 0 Å². The fourth-order valence-electron chi connectivity index (χ4n) is 1.59. The van der Waals surface area contributed by atoms with E-state index in [1.807, 2.05) is 0 Å². The molecule has 8 nitrogen and oxygen atoms in total. The number of benzene rings is 1. The van der Waals surface area contributed by atoms with E-state index < -0.39 is 17.1 Å². The van der Waals surface area contributed by atoms with Crippen LogP contribution in [0.1, 0.15) is 28.9 Å². The van der Waals surface area contributed by atoms with E-state index in [4.69, 9.17) is 0 Å². The summed E-state index contributed by atoms with van der Waals surface area (Å²) in [6.45, 7) is 1.03. The molecular formula is C12H14N2O6. The number of non-ortho nitro benzene ring substituents is 1. The molecule has 108 valence electrons. The van der Waals surface area contributed by atoms with E-state index in [2.05, 4.69) is 5.32 Å². The van der Waals surface area contributed by atoms with Gasteiger partial charge in [-0.25, -0.2) is 0 Å². The fraction of sp³-hybridized carbons (Fsp3) is 0.333. The number of nitro groups is 1. The highest BCUT2D eigenvalue weighted by atomic mass is 16.6. The molecule has 1 aromatic carbocycles. The van der Waals surface area contributed by atoms with Crippen LogP contribution in [0.25, 0.3) is 0 Å². The first kappa shape index (κ1) is 15.7. The highest BCUT2D eigenvalue weighted by Gasteiger charge is 2.21. The SMILES string of the molecule is CC(=O)NCC(O)C(O)c1cc(C=O)cc([N+](=O)[O-])c1. The third-order valence-corrected chi connectivity index (χ3v) is 2.58. The van der Waals surface area contributed by atoms with Gasteiger partial charge in [0.25, 0.3) is 5.69 Å². The Bertz CT molecular complexity index is 531. The smallest absolute Gasteiger partial charge is 0.270 e. The number of nitrogens with one attached hydrogen (secondary N) is 1. The normalized spacial score (nSPS) is 13.3. The zero-order valence-corrected chi connectivity index (χ0v) is 10.6. The van der Waals surface area contributed by atoms with E-state index >= 15 is 0 Å². The first-order chi connectivity index (χ1) is 9.35. The summed E-state index contributed by atoms with van der Waals surface area (Å²) in [5, 5.41) is 32.6. The number of aliphatic hydroxyl groups is 2. The topological polar surface area (TPSA) is 130 Å². The summed E-state index contributed by atoms with van der Waals surface area (Å²) in [4.78, 5) is 31.4. The number of carbonyl (C=O) groups is 2. The molecule has 0 bridgehead atoms. The van der Waals surface area contributed by atoms with Crippen molar-refractivity contribution in [3.8, 4) is 0 Å².